The summed E-state index contributed by atoms with van der Waals surface area (Å²) in [5.41, 5.74) is 4.68. The summed E-state index contributed by atoms with van der Waals surface area (Å²) in [6, 6.07) is 13.3. The zero-order valence-electron chi connectivity index (χ0n) is 16.8. The molecule has 4 rings (SSSR count). The minimum absolute atomic E-state index is 0.0228. The molecule has 29 heavy (non-hydrogen) atoms. The van der Waals surface area contributed by atoms with Gasteiger partial charge in [0.15, 0.2) is 5.58 Å². The monoisotopic (exact) mass is 390 g/mol. The molecule has 0 aliphatic heterocycles. The van der Waals surface area contributed by atoms with E-state index in [-0.39, 0.29) is 23.6 Å². The van der Waals surface area contributed by atoms with E-state index in [0.717, 1.165) is 22.2 Å². The van der Waals surface area contributed by atoms with Crippen LogP contribution in [0.4, 0.5) is 5.69 Å². The van der Waals surface area contributed by atoms with E-state index in [2.05, 4.69) is 10.5 Å². The Hall–Kier alpha value is -3.61. The topological polar surface area (TPSA) is 82.1 Å². The van der Waals surface area contributed by atoms with Crippen molar-refractivity contribution in [3.05, 3.63) is 75.3 Å². The van der Waals surface area contributed by atoms with Crippen molar-refractivity contribution in [3.8, 4) is 5.69 Å². The number of hydrogen-bond acceptors (Lipinski definition) is 4. The van der Waals surface area contributed by atoms with Gasteiger partial charge in [-0.2, -0.15) is 0 Å². The number of hydrogen-bond donors (Lipinski definition) is 1. The van der Waals surface area contributed by atoms with E-state index in [1.54, 1.807) is 18.7 Å². The Labute approximate surface area is 167 Å². The lowest BCUT2D eigenvalue weighted by Gasteiger charge is -2.07. The number of carbonyl (C=O) groups excluding carboxylic acids is 1. The molecule has 2 heterocycles. The second kappa shape index (κ2) is 7.09. The van der Waals surface area contributed by atoms with Gasteiger partial charge in [0.05, 0.1) is 17.8 Å². The maximum atomic E-state index is 12.9. The van der Waals surface area contributed by atoms with Gasteiger partial charge in [-0.25, -0.2) is 4.68 Å². The molecule has 148 valence electrons. The molecule has 0 aliphatic carbocycles. The molecule has 7 heteroatoms. The van der Waals surface area contributed by atoms with E-state index in [1.165, 1.54) is 4.68 Å². The predicted molar refractivity (Wildman–Crippen MR) is 112 cm³/mol. The van der Waals surface area contributed by atoms with Crippen LogP contribution in [0.2, 0.25) is 0 Å². The van der Waals surface area contributed by atoms with E-state index >= 15 is 0 Å². The van der Waals surface area contributed by atoms with Gasteiger partial charge in [-0.15, -0.1) is 0 Å². The van der Waals surface area contributed by atoms with Crippen LogP contribution in [-0.4, -0.2) is 20.4 Å². The standard InChI is InChI=1S/C22H22N4O3/c1-13-10-14(2)21-17(11-13)18(24-29-21)12-19(27)23-20-15(3)25(4)26(22(20)28)16-8-6-5-7-9-16/h5-11H,12H2,1-4H3,(H,23,27). The summed E-state index contributed by atoms with van der Waals surface area (Å²) in [5, 5.41) is 7.66. The minimum atomic E-state index is -0.314. The van der Waals surface area contributed by atoms with E-state index in [4.69, 9.17) is 4.52 Å². The van der Waals surface area contributed by atoms with Gasteiger partial charge >= 0.3 is 0 Å². The van der Waals surface area contributed by atoms with Gasteiger partial charge in [-0.3, -0.25) is 14.3 Å². The highest BCUT2D eigenvalue weighted by Gasteiger charge is 2.20. The van der Waals surface area contributed by atoms with Crippen molar-refractivity contribution >= 4 is 22.6 Å². The summed E-state index contributed by atoms with van der Waals surface area (Å²) >= 11 is 0. The number of nitrogens with one attached hydrogen (secondary N) is 1. The Morgan fingerprint density at radius 3 is 2.59 bits per heavy atom. The Balaban J connectivity index is 1.64. The zero-order valence-corrected chi connectivity index (χ0v) is 16.8. The van der Waals surface area contributed by atoms with Crippen molar-refractivity contribution in [2.75, 3.05) is 5.32 Å². The summed E-state index contributed by atoms with van der Waals surface area (Å²) < 4.78 is 8.67. The highest BCUT2D eigenvalue weighted by atomic mass is 16.5. The van der Waals surface area contributed by atoms with Gasteiger partial charge in [-0.05, 0) is 50.1 Å². The third kappa shape index (κ3) is 3.24. The molecular weight excluding hydrogens is 368 g/mol. The van der Waals surface area contributed by atoms with Crippen molar-refractivity contribution < 1.29 is 9.32 Å². The lowest BCUT2D eigenvalue weighted by Crippen LogP contribution is -2.23. The van der Waals surface area contributed by atoms with Crippen molar-refractivity contribution in [2.24, 2.45) is 7.05 Å². The second-order valence-electron chi connectivity index (χ2n) is 7.25. The third-order valence-electron chi connectivity index (χ3n) is 5.12. The van der Waals surface area contributed by atoms with Crippen molar-refractivity contribution in [1.29, 1.82) is 0 Å². The highest BCUT2D eigenvalue weighted by Crippen LogP contribution is 2.24. The summed E-state index contributed by atoms with van der Waals surface area (Å²) in [6.45, 7) is 5.74. The molecule has 0 aliphatic rings. The number of fused-ring (bicyclic) bond motifs is 1. The number of nitrogens with zero attached hydrogens (tertiary/aromatic N) is 3. The first-order chi connectivity index (χ1) is 13.9. The third-order valence-corrected chi connectivity index (χ3v) is 5.12. The molecule has 7 nitrogen and oxygen atoms in total. The molecule has 0 spiro atoms. The van der Waals surface area contributed by atoms with Crippen LogP contribution in [0.3, 0.4) is 0 Å². The maximum absolute atomic E-state index is 12.9. The molecule has 2 aromatic carbocycles. The Bertz CT molecular complexity index is 1280. The van der Waals surface area contributed by atoms with Gasteiger partial charge in [0.1, 0.15) is 11.4 Å². The van der Waals surface area contributed by atoms with Gasteiger partial charge < -0.3 is 9.84 Å². The number of para-hydroxylation sites is 1. The largest absolute Gasteiger partial charge is 0.356 e. The number of rotatable bonds is 4. The lowest BCUT2D eigenvalue weighted by molar-refractivity contribution is -0.115. The molecule has 1 amide bonds. The molecular formula is C22H22N4O3. The number of amides is 1. The number of carbonyl (C=O) groups is 1. The summed E-state index contributed by atoms with van der Waals surface area (Å²) in [5.74, 6) is -0.314. The van der Waals surface area contributed by atoms with Crippen molar-refractivity contribution in [1.82, 2.24) is 14.5 Å². The predicted octanol–water partition coefficient (Wildman–Crippen LogP) is 3.42. The first kappa shape index (κ1) is 18.7. The van der Waals surface area contributed by atoms with Gasteiger partial charge in [-0.1, -0.05) is 29.4 Å². The molecule has 0 unspecified atom stereocenters. The Morgan fingerprint density at radius 2 is 1.86 bits per heavy atom. The Kier molecular flexibility index (Phi) is 4.58. The molecule has 1 N–H and O–H groups in total. The fraction of sp³-hybridized carbons (Fsp3) is 0.227. The van der Waals surface area contributed by atoms with E-state index in [0.29, 0.717) is 17.0 Å². The molecule has 0 saturated heterocycles. The average Bonchev–Trinajstić information content (AvgIpc) is 3.17. The van der Waals surface area contributed by atoms with Crippen molar-refractivity contribution in [3.63, 3.8) is 0 Å². The Morgan fingerprint density at radius 1 is 1.14 bits per heavy atom. The summed E-state index contributed by atoms with van der Waals surface area (Å²) in [6.07, 6.45) is 0.0228. The highest BCUT2D eigenvalue weighted by molar-refractivity contribution is 5.95. The molecule has 2 aromatic heterocycles. The van der Waals surface area contributed by atoms with Crippen LogP contribution < -0.4 is 10.9 Å². The average molecular weight is 390 g/mol. The number of benzene rings is 2. The zero-order chi connectivity index (χ0) is 20.7. The molecule has 0 atom stereocenters. The second-order valence-corrected chi connectivity index (χ2v) is 7.25. The minimum Gasteiger partial charge on any atom is -0.356 e. The fourth-order valence-electron chi connectivity index (χ4n) is 3.62. The van der Waals surface area contributed by atoms with E-state index in [1.807, 2.05) is 56.3 Å². The van der Waals surface area contributed by atoms with Crippen LogP contribution in [-0.2, 0) is 18.3 Å². The SMILES string of the molecule is Cc1cc(C)c2onc(CC(=O)Nc3c(C)n(C)n(-c4ccccc4)c3=O)c2c1. The van der Waals surface area contributed by atoms with Gasteiger partial charge in [0.25, 0.3) is 5.56 Å². The van der Waals surface area contributed by atoms with Gasteiger partial charge in [0, 0.05) is 12.4 Å². The molecule has 4 aromatic rings. The van der Waals surface area contributed by atoms with E-state index < -0.39 is 0 Å². The van der Waals surface area contributed by atoms with Crippen LogP contribution in [0.25, 0.3) is 16.7 Å². The molecule has 0 fully saturated rings. The normalized spacial score (nSPS) is 11.2. The quantitative estimate of drug-likeness (QED) is 0.579. The number of aryl methyl sites for hydroxylation is 2. The smallest absolute Gasteiger partial charge is 0.295 e. The first-order valence-electron chi connectivity index (χ1n) is 9.36. The lowest BCUT2D eigenvalue weighted by atomic mass is 10.1. The van der Waals surface area contributed by atoms with Crippen LogP contribution in [0.15, 0.2) is 51.8 Å². The summed E-state index contributed by atoms with van der Waals surface area (Å²) in [4.78, 5) is 25.6. The van der Waals surface area contributed by atoms with Crippen LogP contribution in [0, 0.1) is 20.8 Å². The molecule has 0 bridgehead atoms. The first-order valence-corrected chi connectivity index (χ1v) is 9.36. The van der Waals surface area contributed by atoms with Crippen molar-refractivity contribution in [2.45, 2.75) is 27.2 Å². The maximum Gasteiger partial charge on any atom is 0.295 e. The summed E-state index contributed by atoms with van der Waals surface area (Å²) in [7, 11) is 1.79. The molecule has 0 radical (unpaired) electrons. The van der Waals surface area contributed by atoms with Crippen LogP contribution >= 0.6 is 0 Å². The van der Waals surface area contributed by atoms with E-state index in [9.17, 15) is 9.59 Å². The molecule has 0 saturated carbocycles. The van der Waals surface area contributed by atoms with Crippen LogP contribution in [0.5, 0.6) is 0 Å². The van der Waals surface area contributed by atoms with Gasteiger partial charge in [0.2, 0.25) is 5.91 Å². The number of aromatic nitrogens is 3. The number of anilines is 1. The van der Waals surface area contributed by atoms with Crippen LogP contribution in [0.1, 0.15) is 22.5 Å². The fourth-order valence-corrected chi connectivity index (χ4v) is 3.62.